The molecule has 0 aliphatic rings. The first-order valence-corrected chi connectivity index (χ1v) is 3.77. The quantitative estimate of drug-likeness (QED) is 0.707. The lowest BCUT2D eigenvalue weighted by Gasteiger charge is -2.10. The molecule has 66 valence electrons. The molecule has 0 heterocycles. The zero-order valence-electron chi connectivity index (χ0n) is 6.92. The maximum atomic E-state index is 12.1. The van der Waals surface area contributed by atoms with Gasteiger partial charge in [-0.25, -0.2) is 4.39 Å². The third-order valence-electron chi connectivity index (χ3n) is 1.83. The van der Waals surface area contributed by atoms with Crippen LogP contribution in [0.3, 0.4) is 0 Å². The van der Waals surface area contributed by atoms with Gasteiger partial charge in [0.25, 0.3) is 0 Å². The van der Waals surface area contributed by atoms with E-state index < -0.39 is 12.7 Å². The van der Waals surface area contributed by atoms with Gasteiger partial charge in [0.1, 0.15) is 12.4 Å². The van der Waals surface area contributed by atoms with Crippen LogP contribution in [0.25, 0.3) is 0 Å². The van der Waals surface area contributed by atoms with E-state index in [9.17, 15) is 9.50 Å². The normalized spacial score (nSPS) is 12.9. The van der Waals surface area contributed by atoms with Crippen LogP contribution < -0.4 is 5.73 Å². The Morgan fingerprint density at radius 2 is 2.25 bits per heavy atom. The van der Waals surface area contributed by atoms with Crippen LogP contribution in [-0.2, 0) is 0 Å². The molecule has 1 rings (SSSR count). The van der Waals surface area contributed by atoms with Gasteiger partial charge in [0, 0.05) is 5.56 Å². The zero-order valence-corrected chi connectivity index (χ0v) is 6.92. The number of para-hydroxylation sites is 1. The maximum absolute atomic E-state index is 12.1. The molecule has 0 saturated carbocycles. The molecule has 1 aromatic carbocycles. The smallest absolute Gasteiger partial charge is 0.123 e. The van der Waals surface area contributed by atoms with E-state index in [4.69, 9.17) is 5.73 Å². The molecule has 0 aliphatic heterocycles. The van der Waals surface area contributed by atoms with Crippen LogP contribution in [0.4, 0.5) is 4.39 Å². The van der Waals surface area contributed by atoms with Crippen molar-refractivity contribution in [2.24, 2.45) is 5.73 Å². The van der Waals surface area contributed by atoms with Gasteiger partial charge in [-0.1, -0.05) is 18.2 Å². The van der Waals surface area contributed by atoms with Gasteiger partial charge >= 0.3 is 0 Å². The minimum Gasteiger partial charge on any atom is -0.507 e. The number of aromatic hydroxyl groups is 1. The van der Waals surface area contributed by atoms with Gasteiger partial charge in [-0.15, -0.1) is 0 Å². The lowest BCUT2D eigenvalue weighted by molar-refractivity contribution is 0.413. The van der Waals surface area contributed by atoms with Crippen LogP contribution in [0.1, 0.15) is 17.2 Å². The van der Waals surface area contributed by atoms with Crippen molar-refractivity contribution in [3.8, 4) is 5.75 Å². The van der Waals surface area contributed by atoms with Crippen molar-refractivity contribution in [2.45, 2.75) is 13.0 Å². The van der Waals surface area contributed by atoms with Crippen LogP contribution in [-0.4, -0.2) is 11.8 Å². The Balaban J connectivity index is 3.07. The Morgan fingerprint density at radius 1 is 1.58 bits per heavy atom. The summed E-state index contributed by atoms with van der Waals surface area (Å²) in [6.07, 6.45) is 0. The molecule has 0 amide bonds. The highest BCUT2D eigenvalue weighted by Crippen LogP contribution is 2.25. The third kappa shape index (κ3) is 1.56. The molecule has 0 bridgehead atoms. The molecule has 12 heavy (non-hydrogen) atoms. The van der Waals surface area contributed by atoms with E-state index in [2.05, 4.69) is 0 Å². The molecule has 0 fully saturated rings. The summed E-state index contributed by atoms with van der Waals surface area (Å²) in [5.41, 5.74) is 6.62. The average Bonchev–Trinajstić information content (AvgIpc) is 2.08. The summed E-state index contributed by atoms with van der Waals surface area (Å²) < 4.78 is 12.1. The SMILES string of the molecule is Cc1cccc([C@H](N)CF)c1O. The van der Waals surface area contributed by atoms with Crippen molar-refractivity contribution in [2.75, 3.05) is 6.67 Å². The number of phenolic OH excluding ortho intramolecular Hbond substituents is 1. The second-order valence-corrected chi connectivity index (χ2v) is 2.77. The summed E-state index contributed by atoms with van der Waals surface area (Å²) in [4.78, 5) is 0. The first-order valence-electron chi connectivity index (χ1n) is 3.77. The van der Waals surface area contributed by atoms with Gasteiger partial charge in [0.15, 0.2) is 0 Å². The molecule has 0 aromatic heterocycles. The number of phenols is 1. The van der Waals surface area contributed by atoms with E-state index in [1.807, 2.05) is 0 Å². The summed E-state index contributed by atoms with van der Waals surface area (Å²) in [7, 11) is 0. The lowest BCUT2D eigenvalue weighted by atomic mass is 10.0. The number of aryl methyl sites for hydroxylation is 1. The molecule has 0 aliphatic carbocycles. The largest absolute Gasteiger partial charge is 0.507 e. The van der Waals surface area contributed by atoms with E-state index in [0.29, 0.717) is 5.56 Å². The Labute approximate surface area is 70.8 Å². The molecule has 0 saturated heterocycles. The van der Waals surface area contributed by atoms with E-state index in [-0.39, 0.29) is 5.75 Å². The number of halogens is 1. The van der Waals surface area contributed by atoms with Gasteiger partial charge in [-0.2, -0.15) is 0 Å². The second kappa shape index (κ2) is 3.54. The predicted octanol–water partition coefficient (Wildman–Crippen LogP) is 1.67. The Bertz CT molecular complexity index is 275. The second-order valence-electron chi connectivity index (χ2n) is 2.77. The van der Waals surface area contributed by atoms with Crippen LogP contribution in [0, 0.1) is 6.92 Å². The van der Waals surface area contributed by atoms with Gasteiger partial charge in [0.2, 0.25) is 0 Å². The summed E-state index contributed by atoms with van der Waals surface area (Å²) >= 11 is 0. The minimum absolute atomic E-state index is 0.0997. The van der Waals surface area contributed by atoms with Gasteiger partial charge in [-0.3, -0.25) is 0 Å². The van der Waals surface area contributed by atoms with Crippen molar-refractivity contribution in [3.05, 3.63) is 29.3 Å². The van der Waals surface area contributed by atoms with Crippen LogP contribution in [0.2, 0.25) is 0 Å². The summed E-state index contributed by atoms with van der Waals surface area (Å²) in [6.45, 7) is 1.10. The van der Waals surface area contributed by atoms with Crippen molar-refractivity contribution in [1.29, 1.82) is 0 Å². The summed E-state index contributed by atoms with van der Waals surface area (Å²) in [6, 6.07) is 4.42. The Hall–Kier alpha value is -1.09. The van der Waals surface area contributed by atoms with E-state index >= 15 is 0 Å². The topological polar surface area (TPSA) is 46.2 Å². The third-order valence-corrected chi connectivity index (χ3v) is 1.83. The number of hydrogen-bond donors (Lipinski definition) is 2. The number of hydrogen-bond acceptors (Lipinski definition) is 2. The number of rotatable bonds is 2. The molecule has 2 nitrogen and oxygen atoms in total. The molecule has 0 radical (unpaired) electrons. The average molecular weight is 169 g/mol. The zero-order chi connectivity index (χ0) is 9.14. The van der Waals surface area contributed by atoms with Gasteiger partial charge < -0.3 is 10.8 Å². The molecule has 0 unspecified atom stereocenters. The molecule has 1 atom stereocenters. The fraction of sp³-hybridized carbons (Fsp3) is 0.333. The molecule has 3 heteroatoms. The first kappa shape index (κ1) is 9.00. The summed E-state index contributed by atoms with van der Waals surface area (Å²) in [5.74, 6) is 0.0997. The van der Waals surface area contributed by atoms with Crippen molar-refractivity contribution in [1.82, 2.24) is 0 Å². The monoisotopic (exact) mass is 169 g/mol. The predicted molar refractivity (Wildman–Crippen MR) is 45.7 cm³/mol. The maximum Gasteiger partial charge on any atom is 0.123 e. The molecular weight excluding hydrogens is 157 g/mol. The van der Waals surface area contributed by atoms with Crippen molar-refractivity contribution in [3.63, 3.8) is 0 Å². The van der Waals surface area contributed by atoms with Crippen molar-refractivity contribution < 1.29 is 9.50 Å². The first-order chi connectivity index (χ1) is 5.66. The molecule has 3 N–H and O–H groups in total. The highest BCUT2D eigenvalue weighted by Gasteiger charge is 2.10. The lowest BCUT2D eigenvalue weighted by Crippen LogP contribution is -2.12. The summed E-state index contributed by atoms with van der Waals surface area (Å²) in [5, 5.41) is 9.45. The Kier molecular flexibility index (Phi) is 2.65. The van der Waals surface area contributed by atoms with E-state index in [1.165, 1.54) is 0 Å². The van der Waals surface area contributed by atoms with Crippen molar-refractivity contribution >= 4 is 0 Å². The molecular formula is C9H12FNO. The number of alkyl halides is 1. The van der Waals surface area contributed by atoms with E-state index in [1.54, 1.807) is 25.1 Å². The highest BCUT2D eigenvalue weighted by atomic mass is 19.1. The van der Waals surface area contributed by atoms with Gasteiger partial charge in [0.05, 0.1) is 6.04 Å². The Morgan fingerprint density at radius 3 is 2.83 bits per heavy atom. The number of benzene rings is 1. The molecule has 1 aromatic rings. The number of nitrogens with two attached hydrogens (primary N) is 1. The fourth-order valence-electron chi connectivity index (χ4n) is 1.06. The standard InChI is InChI=1S/C9H12FNO/c1-6-3-2-4-7(9(6)12)8(11)5-10/h2-4,8,12H,5,11H2,1H3/t8-/m1/s1. The van der Waals surface area contributed by atoms with E-state index in [0.717, 1.165) is 5.56 Å². The minimum atomic E-state index is -0.718. The van der Waals surface area contributed by atoms with Crippen LogP contribution >= 0.6 is 0 Å². The van der Waals surface area contributed by atoms with Crippen LogP contribution in [0.15, 0.2) is 18.2 Å². The van der Waals surface area contributed by atoms with Gasteiger partial charge in [-0.05, 0) is 12.5 Å². The molecule has 0 spiro atoms. The highest BCUT2D eigenvalue weighted by molar-refractivity contribution is 5.41. The fourth-order valence-corrected chi connectivity index (χ4v) is 1.06. The van der Waals surface area contributed by atoms with Crippen LogP contribution in [0.5, 0.6) is 5.75 Å².